The van der Waals surface area contributed by atoms with Crippen LogP contribution in [0.5, 0.6) is 0 Å². The second kappa shape index (κ2) is 4.26. The Hall–Kier alpha value is -0.340. The van der Waals surface area contributed by atoms with Crippen LogP contribution >= 0.6 is 11.3 Å². The van der Waals surface area contributed by atoms with E-state index in [0.717, 1.165) is 17.9 Å². The quantitative estimate of drug-likeness (QED) is 0.824. The standard InChI is InChI=1S/C13H19NS/c1-2-12(15-7-1)5-6-14-13-9-10-3-4-11(13)8-10/h1-2,7,10-11,13-14H,3-6,8-9H2/t10-,11+,13-/m0/s1. The normalized spacial score (nSPS) is 33.7. The third-order valence-corrected chi connectivity index (χ3v) is 5.03. The lowest BCUT2D eigenvalue weighted by Gasteiger charge is -2.22. The highest BCUT2D eigenvalue weighted by molar-refractivity contribution is 7.09. The van der Waals surface area contributed by atoms with Gasteiger partial charge in [0.2, 0.25) is 0 Å². The summed E-state index contributed by atoms with van der Waals surface area (Å²) in [5, 5.41) is 5.93. The first-order valence-electron chi connectivity index (χ1n) is 6.17. The van der Waals surface area contributed by atoms with Gasteiger partial charge in [0.25, 0.3) is 0 Å². The average molecular weight is 221 g/mol. The van der Waals surface area contributed by atoms with E-state index in [1.165, 1.54) is 43.5 Å². The van der Waals surface area contributed by atoms with Gasteiger partial charge in [-0.05, 0) is 49.0 Å². The van der Waals surface area contributed by atoms with Gasteiger partial charge in [-0.15, -0.1) is 11.3 Å². The number of hydrogen-bond acceptors (Lipinski definition) is 2. The van der Waals surface area contributed by atoms with Gasteiger partial charge < -0.3 is 5.32 Å². The summed E-state index contributed by atoms with van der Waals surface area (Å²) >= 11 is 1.88. The molecule has 1 aromatic rings. The topological polar surface area (TPSA) is 12.0 Å². The Morgan fingerprint density at radius 2 is 2.33 bits per heavy atom. The van der Waals surface area contributed by atoms with Crippen molar-refractivity contribution in [1.82, 2.24) is 5.32 Å². The SMILES string of the molecule is c1csc(CCN[C@H]2C[C@H]3CC[C@@H]2C3)c1. The number of rotatable bonds is 4. The molecule has 15 heavy (non-hydrogen) atoms. The fourth-order valence-electron chi connectivity index (χ4n) is 3.33. The second-order valence-electron chi connectivity index (χ2n) is 5.06. The van der Waals surface area contributed by atoms with Crippen LogP contribution < -0.4 is 5.32 Å². The molecule has 0 radical (unpaired) electrons. The summed E-state index contributed by atoms with van der Waals surface area (Å²) in [5.74, 6) is 2.08. The Balaban J connectivity index is 1.43. The van der Waals surface area contributed by atoms with Crippen molar-refractivity contribution in [1.29, 1.82) is 0 Å². The number of nitrogens with one attached hydrogen (secondary N) is 1. The van der Waals surface area contributed by atoms with Crippen molar-refractivity contribution < 1.29 is 0 Å². The summed E-state index contributed by atoms with van der Waals surface area (Å²) in [6.45, 7) is 1.18. The van der Waals surface area contributed by atoms with Gasteiger partial charge in [0.05, 0.1) is 0 Å². The summed E-state index contributed by atoms with van der Waals surface area (Å²) in [6, 6.07) is 5.24. The molecule has 3 rings (SSSR count). The predicted molar refractivity (Wildman–Crippen MR) is 65.3 cm³/mol. The van der Waals surface area contributed by atoms with Gasteiger partial charge in [0.1, 0.15) is 0 Å². The molecular formula is C13H19NS. The van der Waals surface area contributed by atoms with Crippen LogP contribution in [0.2, 0.25) is 0 Å². The third-order valence-electron chi connectivity index (χ3n) is 4.10. The van der Waals surface area contributed by atoms with Crippen molar-refractivity contribution >= 4 is 11.3 Å². The predicted octanol–water partition coefficient (Wildman–Crippen LogP) is 3.07. The Kier molecular flexibility index (Phi) is 2.80. The zero-order valence-electron chi connectivity index (χ0n) is 9.11. The van der Waals surface area contributed by atoms with Crippen LogP contribution in [-0.4, -0.2) is 12.6 Å². The monoisotopic (exact) mass is 221 g/mol. The minimum Gasteiger partial charge on any atom is -0.313 e. The van der Waals surface area contributed by atoms with E-state index in [1.54, 1.807) is 0 Å². The Bertz CT molecular complexity index is 306. The molecule has 1 aromatic heterocycles. The fraction of sp³-hybridized carbons (Fsp3) is 0.692. The van der Waals surface area contributed by atoms with E-state index in [2.05, 4.69) is 22.8 Å². The highest BCUT2D eigenvalue weighted by Gasteiger charge is 2.38. The molecule has 1 nitrogen and oxygen atoms in total. The summed E-state index contributed by atoms with van der Waals surface area (Å²) in [6.07, 6.45) is 7.17. The highest BCUT2D eigenvalue weighted by Crippen LogP contribution is 2.44. The zero-order valence-corrected chi connectivity index (χ0v) is 9.93. The maximum Gasteiger partial charge on any atom is 0.00982 e. The maximum absolute atomic E-state index is 3.76. The third kappa shape index (κ3) is 2.11. The van der Waals surface area contributed by atoms with Gasteiger partial charge in [-0.2, -0.15) is 0 Å². The van der Waals surface area contributed by atoms with Gasteiger partial charge >= 0.3 is 0 Å². The Labute approximate surface area is 95.9 Å². The molecule has 2 fully saturated rings. The van der Waals surface area contributed by atoms with Gasteiger partial charge in [-0.1, -0.05) is 12.5 Å². The van der Waals surface area contributed by atoms with Crippen molar-refractivity contribution in [3.63, 3.8) is 0 Å². The molecule has 1 N–H and O–H groups in total. The maximum atomic E-state index is 3.76. The molecule has 3 atom stereocenters. The molecule has 2 aliphatic carbocycles. The van der Waals surface area contributed by atoms with E-state index < -0.39 is 0 Å². The summed E-state index contributed by atoms with van der Waals surface area (Å²) < 4.78 is 0. The average Bonchev–Trinajstić information content (AvgIpc) is 2.93. The van der Waals surface area contributed by atoms with Crippen LogP contribution in [0.25, 0.3) is 0 Å². The van der Waals surface area contributed by atoms with Crippen molar-refractivity contribution in [3.8, 4) is 0 Å². The number of thiophene rings is 1. The largest absolute Gasteiger partial charge is 0.313 e. The van der Waals surface area contributed by atoms with E-state index >= 15 is 0 Å². The Morgan fingerprint density at radius 3 is 3.00 bits per heavy atom. The zero-order chi connectivity index (χ0) is 10.1. The van der Waals surface area contributed by atoms with Crippen molar-refractivity contribution in [2.24, 2.45) is 11.8 Å². The minimum atomic E-state index is 0.851. The molecule has 0 saturated heterocycles. The van der Waals surface area contributed by atoms with Crippen molar-refractivity contribution in [3.05, 3.63) is 22.4 Å². The van der Waals surface area contributed by atoms with E-state index in [9.17, 15) is 0 Å². The molecule has 0 amide bonds. The minimum absolute atomic E-state index is 0.851. The number of hydrogen-bond donors (Lipinski definition) is 1. The first-order chi connectivity index (χ1) is 7.42. The lowest BCUT2D eigenvalue weighted by atomic mass is 9.95. The second-order valence-corrected chi connectivity index (χ2v) is 6.10. The summed E-state index contributed by atoms with van der Waals surface area (Å²) in [4.78, 5) is 1.52. The molecule has 82 valence electrons. The van der Waals surface area contributed by atoms with Crippen LogP contribution in [0.1, 0.15) is 30.6 Å². The molecule has 1 heterocycles. The van der Waals surface area contributed by atoms with E-state index in [0.29, 0.717) is 0 Å². The van der Waals surface area contributed by atoms with Crippen LogP contribution in [0.15, 0.2) is 17.5 Å². The summed E-state index contributed by atoms with van der Waals surface area (Å²) in [5.41, 5.74) is 0. The van der Waals surface area contributed by atoms with E-state index in [4.69, 9.17) is 0 Å². The lowest BCUT2D eigenvalue weighted by Crippen LogP contribution is -2.35. The summed E-state index contributed by atoms with van der Waals surface area (Å²) in [7, 11) is 0. The smallest absolute Gasteiger partial charge is 0.00982 e. The first kappa shape index (κ1) is 9.86. The molecule has 0 aromatic carbocycles. The van der Waals surface area contributed by atoms with Crippen molar-refractivity contribution in [2.45, 2.75) is 38.1 Å². The molecule has 2 saturated carbocycles. The molecule has 2 bridgehead atoms. The molecule has 0 spiro atoms. The number of fused-ring (bicyclic) bond motifs is 2. The molecule has 2 heteroatoms. The molecular weight excluding hydrogens is 202 g/mol. The van der Waals surface area contributed by atoms with E-state index in [-0.39, 0.29) is 0 Å². The van der Waals surface area contributed by atoms with E-state index in [1.807, 2.05) is 11.3 Å². The van der Waals surface area contributed by atoms with Crippen LogP contribution in [0, 0.1) is 11.8 Å². The lowest BCUT2D eigenvalue weighted by molar-refractivity contribution is 0.354. The van der Waals surface area contributed by atoms with Gasteiger partial charge in [0.15, 0.2) is 0 Å². The fourth-order valence-corrected chi connectivity index (χ4v) is 4.04. The van der Waals surface area contributed by atoms with Crippen LogP contribution in [0.3, 0.4) is 0 Å². The van der Waals surface area contributed by atoms with Gasteiger partial charge in [-0.3, -0.25) is 0 Å². The highest BCUT2D eigenvalue weighted by atomic mass is 32.1. The first-order valence-corrected chi connectivity index (χ1v) is 7.05. The van der Waals surface area contributed by atoms with Gasteiger partial charge in [0, 0.05) is 17.5 Å². The van der Waals surface area contributed by atoms with Crippen LogP contribution in [0.4, 0.5) is 0 Å². The van der Waals surface area contributed by atoms with Crippen LogP contribution in [-0.2, 0) is 6.42 Å². The van der Waals surface area contributed by atoms with Gasteiger partial charge in [-0.25, -0.2) is 0 Å². The Morgan fingerprint density at radius 1 is 1.33 bits per heavy atom. The van der Waals surface area contributed by atoms with Crippen molar-refractivity contribution in [2.75, 3.05) is 6.54 Å². The molecule has 2 aliphatic rings. The molecule has 0 unspecified atom stereocenters. The molecule has 0 aliphatic heterocycles.